The number of hydrogen-bond donors (Lipinski definition) is 1. The smallest absolute Gasteiger partial charge is 0.324 e. The van der Waals surface area contributed by atoms with Gasteiger partial charge in [0.1, 0.15) is 11.6 Å². The third kappa shape index (κ3) is 5.86. The van der Waals surface area contributed by atoms with Crippen LogP contribution in [0.5, 0.6) is 0 Å². The molecule has 4 aromatic rings. The van der Waals surface area contributed by atoms with Gasteiger partial charge in [-0.2, -0.15) is 18.3 Å². The zero-order valence-corrected chi connectivity index (χ0v) is 18.8. The molecule has 0 atom stereocenters. The highest BCUT2D eigenvalue weighted by Crippen LogP contribution is 2.32. The van der Waals surface area contributed by atoms with Crippen LogP contribution in [0.2, 0.25) is 0 Å². The van der Waals surface area contributed by atoms with Gasteiger partial charge in [-0.15, -0.1) is 0 Å². The molecule has 0 unspecified atom stereocenters. The van der Waals surface area contributed by atoms with Crippen molar-refractivity contribution in [1.82, 2.24) is 24.7 Å². The van der Waals surface area contributed by atoms with Gasteiger partial charge in [0.05, 0.1) is 30.1 Å². The molecule has 3 aromatic heterocycles. The summed E-state index contributed by atoms with van der Waals surface area (Å²) < 4.78 is 55.5. The summed E-state index contributed by atoms with van der Waals surface area (Å²) >= 11 is 0. The molecule has 0 spiro atoms. The zero-order chi connectivity index (χ0) is 25.2. The van der Waals surface area contributed by atoms with Gasteiger partial charge in [-0.3, -0.25) is 14.5 Å². The van der Waals surface area contributed by atoms with Crippen LogP contribution in [0.3, 0.4) is 0 Å². The van der Waals surface area contributed by atoms with E-state index in [1.54, 1.807) is 29.3 Å². The number of halogens is 4. The fourth-order valence-electron chi connectivity index (χ4n) is 3.48. The summed E-state index contributed by atoms with van der Waals surface area (Å²) in [6, 6.07) is 5.14. The minimum Gasteiger partial charge on any atom is -0.324 e. The third-order valence-corrected chi connectivity index (χ3v) is 5.24. The number of aromatic nitrogens is 5. The monoisotopic (exact) mass is 484 g/mol. The number of carbonyl (C=O) groups is 1. The number of nitrogens with one attached hydrogen (secondary N) is 1. The topological polar surface area (TPSA) is 85.6 Å². The minimum absolute atomic E-state index is 0.0940. The van der Waals surface area contributed by atoms with Gasteiger partial charge in [-0.1, -0.05) is 12.1 Å². The van der Waals surface area contributed by atoms with E-state index in [0.29, 0.717) is 23.4 Å². The van der Waals surface area contributed by atoms with Crippen molar-refractivity contribution in [3.8, 4) is 11.1 Å². The Bertz CT molecular complexity index is 1370. The van der Waals surface area contributed by atoms with Crippen molar-refractivity contribution in [3.63, 3.8) is 0 Å². The van der Waals surface area contributed by atoms with Crippen LogP contribution in [0.25, 0.3) is 11.1 Å². The van der Waals surface area contributed by atoms with Gasteiger partial charge in [-0.05, 0) is 35.7 Å². The first-order valence-electron chi connectivity index (χ1n) is 10.5. The lowest BCUT2D eigenvalue weighted by Crippen LogP contribution is -2.17. The molecule has 0 saturated carbocycles. The molecule has 0 aliphatic carbocycles. The van der Waals surface area contributed by atoms with Crippen molar-refractivity contribution in [3.05, 3.63) is 89.3 Å². The average molecular weight is 484 g/mol. The number of anilines is 1. The Morgan fingerprint density at radius 2 is 1.77 bits per heavy atom. The first-order chi connectivity index (χ1) is 16.6. The summed E-state index contributed by atoms with van der Waals surface area (Å²) in [4.78, 5) is 24.6. The van der Waals surface area contributed by atoms with Crippen LogP contribution in [-0.2, 0) is 30.9 Å². The van der Waals surface area contributed by atoms with Gasteiger partial charge in [0.2, 0.25) is 5.91 Å². The highest BCUT2D eigenvalue weighted by atomic mass is 19.4. The molecule has 0 fully saturated rings. The lowest BCUT2D eigenvalue weighted by Gasteiger charge is -2.12. The number of rotatable bonds is 6. The Hall–Kier alpha value is -4.15. The van der Waals surface area contributed by atoms with Crippen molar-refractivity contribution in [1.29, 1.82) is 0 Å². The Kier molecular flexibility index (Phi) is 6.59. The largest absolute Gasteiger partial charge is 0.418 e. The SMILES string of the molecule is Cc1ncc(NC(=O)Cc2ccc(-c3cnc(Cc4cnn(C)c4)nc3)cc2F)cc1C(F)(F)F. The van der Waals surface area contributed by atoms with Crippen molar-refractivity contribution in [2.45, 2.75) is 25.9 Å². The third-order valence-electron chi connectivity index (χ3n) is 5.24. The van der Waals surface area contributed by atoms with Gasteiger partial charge in [0.25, 0.3) is 0 Å². The van der Waals surface area contributed by atoms with Gasteiger partial charge >= 0.3 is 6.18 Å². The second-order valence-electron chi connectivity index (χ2n) is 7.97. The Balaban J connectivity index is 1.42. The maximum absolute atomic E-state index is 14.7. The molecule has 4 rings (SSSR count). The van der Waals surface area contributed by atoms with Crippen LogP contribution < -0.4 is 5.32 Å². The van der Waals surface area contributed by atoms with E-state index in [1.165, 1.54) is 19.1 Å². The van der Waals surface area contributed by atoms with Crippen molar-refractivity contribution in [2.24, 2.45) is 7.05 Å². The standard InChI is InChI=1S/C24H20F4N6O/c1-14-20(24(26,27)28)8-19(12-29-14)33-23(35)7-17-4-3-16(6-21(17)25)18-10-30-22(31-11-18)5-15-9-32-34(2)13-15/h3-4,6,8-13H,5,7H2,1-2H3,(H,33,35). The van der Waals surface area contributed by atoms with E-state index in [0.717, 1.165) is 17.8 Å². The quantitative estimate of drug-likeness (QED) is 0.407. The molecule has 1 N–H and O–H groups in total. The number of pyridine rings is 1. The van der Waals surface area contributed by atoms with E-state index < -0.39 is 23.5 Å². The molecule has 11 heteroatoms. The van der Waals surface area contributed by atoms with Crippen LogP contribution in [0, 0.1) is 12.7 Å². The summed E-state index contributed by atoms with van der Waals surface area (Å²) in [6.07, 6.45) is 3.45. The highest BCUT2D eigenvalue weighted by Gasteiger charge is 2.33. The second kappa shape index (κ2) is 9.61. The average Bonchev–Trinajstić information content (AvgIpc) is 3.20. The molecule has 0 aliphatic heterocycles. The van der Waals surface area contributed by atoms with E-state index in [4.69, 9.17) is 0 Å². The summed E-state index contributed by atoms with van der Waals surface area (Å²) in [5.74, 6) is -0.705. The fourth-order valence-corrected chi connectivity index (χ4v) is 3.48. The summed E-state index contributed by atoms with van der Waals surface area (Å²) in [7, 11) is 1.82. The molecule has 35 heavy (non-hydrogen) atoms. The summed E-state index contributed by atoms with van der Waals surface area (Å²) in [6.45, 7) is 1.23. The molecule has 0 aliphatic rings. The molecule has 7 nitrogen and oxygen atoms in total. The predicted molar refractivity (Wildman–Crippen MR) is 120 cm³/mol. The van der Waals surface area contributed by atoms with Crippen molar-refractivity contribution in [2.75, 3.05) is 5.32 Å². The first-order valence-corrected chi connectivity index (χ1v) is 10.5. The van der Waals surface area contributed by atoms with Crippen molar-refractivity contribution < 1.29 is 22.4 Å². The zero-order valence-electron chi connectivity index (χ0n) is 18.8. The van der Waals surface area contributed by atoms with Gasteiger partial charge in [0.15, 0.2) is 0 Å². The molecule has 180 valence electrons. The van der Waals surface area contributed by atoms with E-state index in [-0.39, 0.29) is 23.4 Å². The summed E-state index contributed by atoms with van der Waals surface area (Å²) in [5.41, 5.74) is 0.915. The van der Waals surface area contributed by atoms with Gasteiger partial charge in [0, 0.05) is 43.3 Å². The highest BCUT2D eigenvalue weighted by molar-refractivity contribution is 5.92. The Morgan fingerprint density at radius 1 is 1.03 bits per heavy atom. The molecular weight excluding hydrogens is 464 g/mol. The maximum Gasteiger partial charge on any atom is 0.418 e. The van der Waals surface area contributed by atoms with Gasteiger partial charge in [-0.25, -0.2) is 14.4 Å². The fraction of sp³-hybridized carbons (Fsp3) is 0.208. The number of benzene rings is 1. The first kappa shape index (κ1) is 24.0. The minimum atomic E-state index is -4.60. The Labute approximate surface area is 197 Å². The number of aryl methyl sites for hydroxylation is 2. The molecule has 0 bridgehead atoms. The van der Waals surface area contributed by atoms with Crippen LogP contribution in [0.1, 0.15) is 28.2 Å². The Morgan fingerprint density at radius 3 is 2.40 bits per heavy atom. The molecule has 3 heterocycles. The number of alkyl halides is 3. The van der Waals surface area contributed by atoms with Crippen LogP contribution in [0.15, 0.2) is 55.2 Å². The van der Waals surface area contributed by atoms with E-state index >= 15 is 0 Å². The number of hydrogen-bond acceptors (Lipinski definition) is 5. The second-order valence-corrected chi connectivity index (χ2v) is 7.97. The van der Waals surface area contributed by atoms with Crippen LogP contribution in [0.4, 0.5) is 23.2 Å². The lowest BCUT2D eigenvalue weighted by molar-refractivity contribution is -0.138. The van der Waals surface area contributed by atoms with Gasteiger partial charge < -0.3 is 5.32 Å². The van der Waals surface area contributed by atoms with Crippen LogP contribution >= 0.6 is 0 Å². The molecule has 0 saturated heterocycles. The number of carbonyl (C=O) groups excluding carboxylic acids is 1. The number of amides is 1. The van der Waals surface area contributed by atoms with E-state index in [9.17, 15) is 22.4 Å². The summed E-state index contributed by atoms with van der Waals surface area (Å²) in [5, 5.41) is 6.44. The maximum atomic E-state index is 14.7. The molecular formula is C24H20F4N6O. The molecule has 1 aromatic carbocycles. The van der Waals surface area contributed by atoms with Crippen molar-refractivity contribution >= 4 is 11.6 Å². The lowest BCUT2D eigenvalue weighted by atomic mass is 10.0. The van der Waals surface area contributed by atoms with E-state index in [1.807, 2.05) is 13.2 Å². The molecule has 1 amide bonds. The molecule has 0 radical (unpaired) electrons. The normalized spacial score (nSPS) is 11.5. The number of nitrogens with zero attached hydrogens (tertiary/aromatic N) is 5. The van der Waals surface area contributed by atoms with Crippen LogP contribution in [-0.4, -0.2) is 30.6 Å². The predicted octanol–water partition coefficient (Wildman–Crippen LogP) is 4.51. The van der Waals surface area contributed by atoms with E-state index in [2.05, 4.69) is 25.4 Å².